The van der Waals surface area contributed by atoms with Gasteiger partial charge in [0.15, 0.2) is 11.4 Å². The second kappa shape index (κ2) is 8.12. The highest BCUT2D eigenvalue weighted by atomic mass is 16.5. The molecule has 35 heavy (non-hydrogen) atoms. The van der Waals surface area contributed by atoms with Crippen molar-refractivity contribution in [2.75, 3.05) is 0 Å². The monoisotopic (exact) mass is 465 g/mol. The number of rotatable bonds is 4. The molecule has 0 saturated heterocycles. The summed E-state index contributed by atoms with van der Waals surface area (Å²) in [6.45, 7) is 16.0. The molecule has 0 radical (unpaired) electrons. The van der Waals surface area contributed by atoms with Gasteiger partial charge in [-0.15, -0.1) is 0 Å². The third-order valence-corrected chi connectivity index (χ3v) is 8.20. The van der Waals surface area contributed by atoms with Gasteiger partial charge in [-0.3, -0.25) is 0 Å². The Balaban J connectivity index is 1.97. The van der Waals surface area contributed by atoms with Crippen LogP contribution in [0, 0.1) is 6.92 Å². The second-order valence-corrected chi connectivity index (χ2v) is 11.1. The summed E-state index contributed by atoms with van der Waals surface area (Å²) in [5.74, 6) is 2.15. The molecule has 5 rings (SSSR count). The zero-order valence-electron chi connectivity index (χ0n) is 22.3. The van der Waals surface area contributed by atoms with Gasteiger partial charge in [-0.2, -0.15) is 4.57 Å². The molecule has 3 nitrogen and oxygen atoms in total. The first kappa shape index (κ1) is 23.4. The molecular formula is C32H37N2O+. The Morgan fingerprint density at radius 1 is 0.800 bits per heavy atom. The van der Waals surface area contributed by atoms with Crippen LogP contribution in [0.2, 0.25) is 0 Å². The fourth-order valence-corrected chi connectivity index (χ4v) is 5.76. The molecule has 0 saturated carbocycles. The predicted molar refractivity (Wildman–Crippen MR) is 144 cm³/mol. The molecule has 0 bridgehead atoms. The lowest BCUT2D eigenvalue weighted by Gasteiger charge is -2.45. The first-order valence-corrected chi connectivity index (χ1v) is 12.6. The molecule has 1 aliphatic carbocycles. The van der Waals surface area contributed by atoms with E-state index in [0.717, 1.165) is 5.75 Å². The Morgan fingerprint density at radius 2 is 1.40 bits per heavy atom. The zero-order chi connectivity index (χ0) is 25.1. The number of hydrogen-bond donors (Lipinski definition) is 0. The average molecular weight is 466 g/mol. The predicted octanol–water partition coefficient (Wildman–Crippen LogP) is 7.30. The first-order chi connectivity index (χ1) is 16.6. The van der Waals surface area contributed by atoms with E-state index >= 15 is 0 Å². The first-order valence-electron chi connectivity index (χ1n) is 12.6. The third-order valence-electron chi connectivity index (χ3n) is 8.20. The molecule has 0 fully saturated rings. The topological polar surface area (TPSA) is 18.0 Å². The maximum atomic E-state index is 6.28. The van der Waals surface area contributed by atoms with Crippen LogP contribution in [0.25, 0.3) is 28.3 Å². The van der Waals surface area contributed by atoms with Gasteiger partial charge in [0, 0.05) is 22.0 Å². The normalized spacial score (nSPS) is 15.6. The maximum Gasteiger partial charge on any atom is 0.294 e. The van der Waals surface area contributed by atoms with Crippen LogP contribution in [-0.2, 0) is 17.9 Å². The van der Waals surface area contributed by atoms with E-state index in [0.29, 0.717) is 0 Å². The summed E-state index contributed by atoms with van der Waals surface area (Å²) in [7, 11) is 2.22. The highest BCUT2D eigenvalue weighted by Crippen LogP contribution is 2.56. The highest BCUT2D eigenvalue weighted by molar-refractivity contribution is 5.79. The second-order valence-electron chi connectivity index (χ2n) is 11.1. The third kappa shape index (κ3) is 3.36. The van der Waals surface area contributed by atoms with Crippen molar-refractivity contribution >= 4 is 0 Å². The van der Waals surface area contributed by atoms with Crippen molar-refractivity contribution in [2.45, 2.75) is 65.4 Å². The van der Waals surface area contributed by atoms with Gasteiger partial charge in [0.1, 0.15) is 11.4 Å². The van der Waals surface area contributed by atoms with Crippen LogP contribution in [0.3, 0.4) is 0 Å². The molecular weight excluding hydrogens is 428 g/mol. The molecule has 3 heteroatoms. The van der Waals surface area contributed by atoms with E-state index in [1.165, 1.54) is 45.2 Å². The van der Waals surface area contributed by atoms with Crippen molar-refractivity contribution in [2.24, 2.45) is 7.05 Å². The SMILES string of the molecule is Cc1c(OC(C)C)ccc2c1-c1c(n(-c3ccccc3)c(-c3ccccc3)[n+]1C)C(C)(C)C2(C)C. The summed E-state index contributed by atoms with van der Waals surface area (Å²) >= 11 is 0. The molecule has 3 aromatic carbocycles. The molecule has 0 spiro atoms. The van der Waals surface area contributed by atoms with Crippen molar-refractivity contribution < 1.29 is 9.30 Å². The Hall–Kier alpha value is -3.33. The highest BCUT2D eigenvalue weighted by Gasteiger charge is 2.54. The number of fused-ring (bicyclic) bond motifs is 3. The molecule has 0 atom stereocenters. The fourth-order valence-electron chi connectivity index (χ4n) is 5.76. The van der Waals surface area contributed by atoms with Gasteiger partial charge in [-0.05, 0) is 56.7 Å². The maximum absolute atomic E-state index is 6.28. The van der Waals surface area contributed by atoms with Gasteiger partial charge in [0.05, 0.1) is 18.7 Å². The molecule has 0 aliphatic heterocycles. The molecule has 180 valence electrons. The Bertz CT molecular complexity index is 1390. The fraction of sp³-hybridized carbons (Fsp3) is 0.344. The molecule has 0 unspecified atom stereocenters. The van der Waals surface area contributed by atoms with Crippen LogP contribution in [0.1, 0.15) is 58.4 Å². The Morgan fingerprint density at radius 3 is 2.00 bits per heavy atom. The average Bonchev–Trinajstić information content (AvgIpc) is 3.13. The number of nitrogens with zero attached hydrogens (tertiary/aromatic N) is 2. The van der Waals surface area contributed by atoms with Gasteiger partial charge >= 0.3 is 0 Å². The van der Waals surface area contributed by atoms with E-state index in [1.807, 2.05) is 0 Å². The molecule has 4 aromatic rings. The molecule has 1 heterocycles. The van der Waals surface area contributed by atoms with Crippen molar-refractivity contribution in [1.29, 1.82) is 0 Å². The lowest BCUT2D eigenvalue weighted by molar-refractivity contribution is -0.648. The summed E-state index contributed by atoms with van der Waals surface area (Å²) in [4.78, 5) is 0. The zero-order valence-corrected chi connectivity index (χ0v) is 22.3. The van der Waals surface area contributed by atoms with Gasteiger partial charge in [-0.25, -0.2) is 4.57 Å². The van der Waals surface area contributed by atoms with Crippen molar-refractivity contribution in [3.8, 4) is 34.1 Å². The van der Waals surface area contributed by atoms with E-state index in [4.69, 9.17) is 4.74 Å². The van der Waals surface area contributed by atoms with Crippen molar-refractivity contribution in [3.63, 3.8) is 0 Å². The lowest BCUT2D eigenvalue weighted by atomic mass is 9.57. The summed E-state index contributed by atoms with van der Waals surface area (Å²) in [5.41, 5.74) is 8.66. The number of benzene rings is 3. The van der Waals surface area contributed by atoms with Gasteiger partial charge < -0.3 is 4.74 Å². The van der Waals surface area contributed by atoms with Gasteiger partial charge in [0.25, 0.3) is 5.82 Å². The van der Waals surface area contributed by atoms with E-state index in [2.05, 4.69) is 137 Å². The van der Waals surface area contributed by atoms with E-state index in [9.17, 15) is 0 Å². The Labute approximate surface area is 210 Å². The minimum atomic E-state index is -0.136. The van der Waals surface area contributed by atoms with Crippen LogP contribution in [-0.4, -0.2) is 10.7 Å². The van der Waals surface area contributed by atoms with Crippen LogP contribution in [0.5, 0.6) is 5.75 Å². The number of imidazole rings is 1. The van der Waals surface area contributed by atoms with Crippen LogP contribution < -0.4 is 9.30 Å². The quantitative estimate of drug-likeness (QED) is 0.289. The molecule has 1 aliphatic rings. The number of aromatic nitrogens is 2. The Kier molecular flexibility index (Phi) is 5.43. The van der Waals surface area contributed by atoms with Crippen molar-refractivity contribution in [1.82, 2.24) is 4.57 Å². The minimum absolute atomic E-state index is 0.0949. The number of ether oxygens (including phenoxy) is 1. The van der Waals surface area contributed by atoms with Gasteiger partial charge in [-0.1, -0.05) is 70.2 Å². The molecule has 0 amide bonds. The largest absolute Gasteiger partial charge is 0.491 e. The van der Waals surface area contributed by atoms with Gasteiger partial charge in [0.2, 0.25) is 0 Å². The smallest absolute Gasteiger partial charge is 0.294 e. The van der Waals surface area contributed by atoms with Crippen LogP contribution in [0.4, 0.5) is 0 Å². The lowest BCUT2D eigenvalue weighted by Crippen LogP contribution is -2.46. The summed E-state index contributed by atoms with van der Waals surface area (Å²) in [6.07, 6.45) is 0.127. The molecule has 0 N–H and O–H groups in total. The van der Waals surface area contributed by atoms with Crippen molar-refractivity contribution in [3.05, 3.63) is 89.6 Å². The molecule has 1 aromatic heterocycles. The summed E-state index contributed by atoms with van der Waals surface area (Å²) in [5, 5.41) is 0. The number of hydrogen-bond acceptors (Lipinski definition) is 1. The minimum Gasteiger partial charge on any atom is -0.491 e. The summed E-state index contributed by atoms with van der Waals surface area (Å²) < 4.78 is 11.2. The number of para-hydroxylation sites is 1. The van der Waals surface area contributed by atoms with E-state index in [-0.39, 0.29) is 16.9 Å². The van der Waals surface area contributed by atoms with Crippen LogP contribution >= 0.6 is 0 Å². The van der Waals surface area contributed by atoms with E-state index < -0.39 is 0 Å². The summed E-state index contributed by atoms with van der Waals surface area (Å²) in [6, 6.07) is 26.0. The standard InChI is InChI=1S/C32H37N2O/c1-21(2)35-26-20-19-25-27(22(26)3)28-29(32(6,7)31(25,4)5)34(24-17-13-10-14-18-24)30(33(28)8)23-15-11-9-12-16-23/h9-21H,1-8H3/q+1. The van der Waals surface area contributed by atoms with E-state index in [1.54, 1.807) is 0 Å². The van der Waals surface area contributed by atoms with Crippen LogP contribution in [0.15, 0.2) is 72.8 Å².